The van der Waals surface area contributed by atoms with E-state index in [1.165, 1.54) is 25.3 Å². The van der Waals surface area contributed by atoms with Crippen LogP contribution in [-0.4, -0.2) is 26.2 Å². The molecule has 0 aromatic heterocycles. The molecule has 0 amide bonds. The van der Waals surface area contributed by atoms with Crippen LogP contribution < -0.4 is 20.2 Å². The van der Waals surface area contributed by atoms with E-state index in [4.69, 9.17) is 4.74 Å². The molecular weight excluding hydrogens is 538 g/mol. The number of methoxy groups -OCH3 is 1. The molecule has 5 rings (SSSR count). The molecule has 0 aliphatic carbocycles. The van der Waals surface area contributed by atoms with Gasteiger partial charge in [0.25, 0.3) is 15.7 Å². The van der Waals surface area contributed by atoms with Crippen LogP contribution in [0.25, 0.3) is 0 Å². The van der Waals surface area contributed by atoms with E-state index in [9.17, 15) is 18.5 Å². The lowest BCUT2D eigenvalue weighted by Gasteiger charge is -2.21. The normalized spacial score (nSPS) is 12.5. The van der Waals surface area contributed by atoms with E-state index in [1.54, 1.807) is 36.9 Å². The van der Waals surface area contributed by atoms with Gasteiger partial charge in [0.2, 0.25) is 0 Å². The van der Waals surface area contributed by atoms with Gasteiger partial charge in [0.15, 0.2) is 0 Å². The van der Waals surface area contributed by atoms with Crippen molar-refractivity contribution >= 4 is 55.9 Å². The summed E-state index contributed by atoms with van der Waals surface area (Å²) < 4.78 is 34.4. The Labute approximate surface area is 229 Å². The number of nitro groups is 1. The number of hydrogen-bond donors (Lipinski definition) is 3. The fraction of sp³-hybridized carbons (Fsp3) is 0.0741. The molecule has 0 radical (unpaired) electrons. The fourth-order valence-corrected chi connectivity index (χ4v) is 6.16. The van der Waals surface area contributed by atoms with E-state index >= 15 is 0 Å². The third-order valence-electron chi connectivity index (χ3n) is 5.93. The number of para-hydroxylation sites is 3. The van der Waals surface area contributed by atoms with Gasteiger partial charge in [-0.25, -0.2) is 8.42 Å². The lowest BCUT2D eigenvalue weighted by molar-refractivity contribution is -0.385. The minimum absolute atomic E-state index is 0.0721. The van der Waals surface area contributed by atoms with E-state index in [1.807, 2.05) is 36.4 Å². The van der Waals surface area contributed by atoms with Crippen LogP contribution in [0.5, 0.6) is 5.75 Å². The summed E-state index contributed by atoms with van der Waals surface area (Å²) in [6, 6.07) is 23.9. The summed E-state index contributed by atoms with van der Waals surface area (Å²) in [5, 5.41) is 19.2. The average molecular weight is 562 g/mol. The lowest BCUT2D eigenvalue weighted by Crippen LogP contribution is -2.16. The number of nitrogens with zero attached hydrogens (tertiary/aromatic N) is 2. The Balaban J connectivity index is 1.44. The van der Waals surface area contributed by atoms with Gasteiger partial charge < -0.3 is 10.1 Å². The van der Waals surface area contributed by atoms with E-state index in [0.29, 0.717) is 11.5 Å². The summed E-state index contributed by atoms with van der Waals surface area (Å²) in [6.07, 6.45) is 0. The van der Waals surface area contributed by atoms with Gasteiger partial charge in [-0.1, -0.05) is 42.1 Å². The maximum absolute atomic E-state index is 13.4. The van der Waals surface area contributed by atoms with Crippen LogP contribution in [0, 0.1) is 10.1 Å². The number of hydrogen-bond acceptors (Lipinski definition) is 9. The first kappa shape index (κ1) is 26.1. The fourth-order valence-electron chi connectivity index (χ4n) is 3.94. The molecule has 39 heavy (non-hydrogen) atoms. The minimum atomic E-state index is -4.26. The predicted octanol–water partition coefficient (Wildman–Crippen LogP) is 6.45. The maximum atomic E-state index is 13.4. The Kier molecular flexibility index (Phi) is 7.13. The largest absolute Gasteiger partial charge is 0.495 e. The van der Waals surface area contributed by atoms with Gasteiger partial charge in [-0.15, -0.1) is 0 Å². The number of nitrogens with one attached hydrogen (secondary N) is 3. The average Bonchev–Trinajstić information content (AvgIpc) is 2.94. The Morgan fingerprint density at radius 1 is 0.949 bits per heavy atom. The smallest absolute Gasteiger partial charge is 0.270 e. The molecule has 12 heteroatoms. The Bertz CT molecular complexity index is 1720. The number of ether oxygens (including phenoxy) is 1. The van der Waals surface area contributed by atoms with Crippen LogP contribution in [-0.2, 0) is 10.0 Å². The molecule has 4 aromatic carbocycles. The van der Waals surface area contributed by atoms with Gasteiger partial charge in [0.1, 0.15) is 10.6 Å². The standard InChI is InChI=1S/C27H23N5O5S2/c1-17(18-11-14-26-23(15-18)28-21-8-4-6-10-25(21)38-26)29-30-22-13-12-19(32(33)34)16-27(22)39(35,36)31-20-7-3-5-9-24(20)37-2/h3-16,28,30-31H,1-2H3/b29-17+. The van der Waals surface area contributed by atoms with E-state index in [2.05, 4.69) is 26.6 Å². The number of benzene rings is 4. The molecule has 0 spiro atoms. The second kappa shape index (κ2) is 10.7. The molecule has 0 fully saturated rings. The number of fused-ring (bicyclic) bond motifs is 2. The van der Waals surface area contributed by atoms with Gasteiger partial charge in [-0.05, 0) is 55.0 Å². The molecule has 0 saturated heterocycles. The molecule has 1 heterocycles. The van der Waals surface area contributed by atoms with Crippen LogP contribution in [0.2, 0.25) is 0 Å². The predicted molar refractivity (Wildman–Crippen MR) is 153 cm³/mol. The van der Waals surface area contributed by atoms with E-state index in [-0.39, 0.29) is 22.0 Å². The van der Waals surface area contributed by atoms with Gasteiger partial charge in [0.05, 0.1) is 40.5 Å². The maximum Gasteiger partial charge on any atom is 0.270 e. The zero-order valence-electron chi connectivity index (χ0n) is 20.8. The molecule has 198 valence electrons. The van der Waals surface area contributed by atoms with Crippen molar-refractivity contribution in [3.8, 4) is 5.75 Å². The third-order valence-corrected chi connectivity index (χ3v) is 8.49. The zero-order valence-corrected chi connectivity index (χ0v) is 22.5. The quantitative estimate of drug-likeness (QED) is 0.112. The van der Waals surface area contributed by atoms with Crippen molar-refractivity contribution in [3.63, 3.8) is 0 Å². The van der Waals surface area contributed by atoms with Crippen LogP contribution >= 0.6 is 11.8 Å². The summed E-state index contributed by atoms with van der Waals surface area (Å²) in [6.45, 7) is 1.78. The first-order valence-electron chi connectivity index (χ1n) is 11.7. The Morgan fingerprint density at radius 2 is 1.69 bits per heavy atom. The highest BCUT2D eigenvalue weighted by Gasteiger charge is 2.24. The number of non-ortho nitro benzene ring substituents is 1. The zero-order chi connectivity index (χ0) is 27.6. The minimum Gasteiger partial charge on any atom is -0.495 e. The summed E-state index contributed by atoms with van der Waals surface area (Å²) in [4.78, 5) is 12.6. The highest BCUT2D eigenvalue weighted by Crippen LogP contribution is 2.44. The number of sulfonamides is 1. The third kappa shape index (κ3) is 5.52. The SMILES string of the molecule is COc1ccccc1NS(=O)(=O)c1cc([N+](=O)[O-])ccc1N/N=C(\C)c1ccc2c(c1)Nc1ccccc1S2. The van der Waals surface area contributed by atoms with Crippen LogP contribution in [0.15, 0.2) is 105 Å². The van der Waals surface area contributed by atoms with Gasteiger partial charge in [0, 0.05) is 21.9 Å². The first-order valence-corrected chi connectivity index (χ1v) is 14.0. The highest BCUT2D eigenvalue weighted by molar-refractivity contribution is 7.99. The lowest BCUT2D eigenvalue weighted by atomic mass is 10.1. The van der Waals surface area contributed by atoms with Crippen molar-refractivity contribution in [2.75, 3.05) is 22.6 Å². The van der Waals surface area contributed by atoms with Crippen molar-refractivity contribution < 1.29 is 18.1 Å². The summed E-state index contributed by atoms with van der Waals surface area (Å²) in [7, 11) is -2.85. The van der Waals surface area contributed by atoms with Gasteiger partial charge in [-0.2, -0.15) is 5.10 Å². The van der Waals surface area contributed by atoms with Crippen molar-refractivity contribution in [1.29, 1.82) is 0 Å². The molecule has 3 N–H and O–H groups in total. The van der Waals surface area contributed by atoms with Crippen molar-refractivity contribution in [1.82, 2.24) is 0 Å². The molecule has 0 atom stereocenters. The molecule has 0 bridgehead atoms. The van der Waals surface area contributed by atoms with Crippen molar-refractivity contribution in [2.24, 2.45) is 5.10 Å². The van der Waals surface area contributed by atoms with Gasteiger partial charge in [-0.3, -0.25) is 20.3 Å². The monoisotopic (exact) mass is 561 g/mol. The summed E-state index contributed by atoms with van der Waals surface area (Å²) >= 11 is 1.67. The van der Waals surface area contributed by atoms with E-state index in [0.717, 1.165) is 32.8 Å². The molecule has 10 nitrogen and oxygen atoms in total. The van der Waals surface area contributed by atoms with Crippen molar-refractivity contribution in [3.05, 3.63) is 101 Å². The first-order chi connectivity index (χ1) is 18.7. The number of hydrazone groups is 1. The van der Waals surface area contributed by atoms with Crippen LogP contribution in [0.1, 0.15) is 12.5 Å². The number of nitro benzene ring substituents is 1. The molecule has 0 saturated carbocycles. The molecular formula is C27H23N5O5S2. The number of anilines is 4. The summed E-state index contributed by atoms with van der Waals surface area (Å²) in [5.74, 6) is 0.302. The second-order valence-corrected chi connectivity index (χ2v) is 11.2. The molecule has 1 aliphatic rings. The van der Waals surface area contributed by atoms with E-state index < -0.39 is 14.9 Å². The number of rotatable bonds is 8. The second-order valence-electron chi connectivity index (χ2n) is 8.49. The molecule has 4 aromatic rings. The van der Waals surface area contributed by atoms with Crippen LogP contribution in [0.4, 0.5) is 28.4 Å². The Morgan fingerprint density at radius 3 is 2.49 bits per heavy atom. The topological polar surface area (TPSA) is 135 Å². The summed E-state index contributed by atoms with van der Waals surface area (Å²) in [5.41, 5.74) is 6.02. The van der Waals surface area contributed by atoms with Crippen molar-refractivity contribution in [2.45, 2.75) is 21.6 Å². The van der Waals surface area contributed by atoms with Crippen LogP contribution in [0.3, 0.4) is 0 Å². The Hall–Kier alpha value is -4.55. The molecule has 0 unspecified atom stereocenters. The molecule has 1 aliphatic heterocycles. The van der Waals surface area contributed by atoms with Gasteiger partial charge >= 0.3 is 0 Å². The highest BCUT2D eigenvalue weighted by atomic mass is 32.2.